The van der Waals surface area contributed by atoms with E-state index in [1.165, 1.54) is 44.6 Å². The van der Waals surface area contributed by atoms with Crippen LogP contribution in [0.4, 0.5) is 5.69 Å². The number of ether oxygens (including phenoxy) is 1. The van der Waals surface area contributed by atoms with Gasteiger partial charge in [-0.2, -0.15) is 0 Å². The lowest BCUT2D eigenvalue weighted by atomic mass is 10.1. The largest absolute Gasteiger partial charge is 0.385 e. The highest BCUT2D eigenvalue weighted by Crippen LogP contribution is 2.13. The molecule has 0 atom stereocenters. The molecule has 1 aromatic rings. The SMILES string of the molecule is COCCCCCCCc1ccc(NC(C)=O)cc1. The van der Waals surface area contributed by atoms with E-state index >= 15 is 0 Å². The number of rotatable bonds is 9. The Hall–Kier alpha value is -1.35. The molecule has 0 bridgehead atoms. The second-order valence-electron chi connectivity index (χ2n) is 4.89. The third-order valence-corrected chi connectivity index (χ3v) is 3.09. The third kappa shape index (κ3) is 7.62. The maximum absolute atomic E-state index is 10.9. The van der Waals surface area contributed by atoms with Crippen molar-refractivity contribution in [2.45, 2.75) is 45.4 Å². The van der Waals surface area contributed by atoms with E-state index in [0.29, 0.717) is 0 Å². The summed E-state index contributed by atoms with van der Waals surface area (Å²) in [7, 11) is 1.75. The first-order valence-corrected chi connectivity index (χ1v) is 7.08. The van der Waals surface area contributed by atoms with Crippen LogP contribution < -0.4 is 5.32 Å². The summed E-state index contributed by atoms with van der Waals surface area (Å²) in [4.78, 5) is 10.9. The summed E-state index contributed by atoms with van der Waals surface area (Å²) >= 11 is 0. The lowest BCUT2D eigenvalue weighted by molar-refractivity contribution is -0.114. The fourth-order valence-corrected chi connectivity index (χ4v) is 2.06. The van der Waals surface area contributed by atoms with Crippen LogP contribution in [0.25, 0.3) is 0 Å². The number of aryl methyl sites for hydroxylation is 1. The number of hydrogen-bond donors (Lipinski definition) is 1. The van der Waals surface area contributed by atoms with Gasteiger partial charge in [-0.1, -0.05) is 31.4 Å². The van der Waals surface area contributed by atoms with Gasteiger partial charge in [0.2, 0.25) is 5.91 Å². The van der Waals surface area contributed by atoms with Gasteiger partial charge in [0.25, 0.3) is 0 Å². The number of benzene rings is 1. The molecular weight excluding hydrogens is 238 g/mol. The average molecular weight is 263 g/mol. The molecule has 1 N–H and O–H groups in total. The Labute approximate surface area is 116 Å². The molecule has 0 saturated carbocycles. The summed E-state index contributed by atoms with van der Waals surface area (Å²) in [5.41, 5.74) is 2.21. The van der Waals surface area contributed by atoms with Crippen LogP contribution in [0.1, 0.15) is 44.6 Å². The van der Waals surface area contributed by atoms with Crippen LogP contribution in [-0.4, -0.2) is 19.6 Å². The van der Waals surface area contributed by atoms with Gasteiger partial charge in [0.05, 0.1) is 0 Å². The third-order valence-electron chi connectivity index (χ3n) is 3.09. The summed E-state index contributed by atoms with van der Waals surface area (Å²) in [6.45, 7) is 2.40. The Balaban J connectivity index is 2.14. The zero-order valence-electron chi connectivity index (χ0n) is 12.1. The van der Waals surface area contributed by atoms with Gasteiger partial charge in [-0.3, -0.25) is 4.79 Å². The molecular formula is C16H25NO2. The van der Waals surface area contributed by atoms with Crippen LogP contribution in [0.3, 0.4) is 0 Å². The maximum atomic E-state index is 10.9. The average Bonchev–Trinajstić information content (AvgIpc) is 2.39. The summed E-state index contributed by atoms with van der Waals surface area (Å²) in [5, 5.41) is 2.78. The van der Waals surface area contributed by atoms with E-state index in [2.05, 4.69) is 17.4 Å². The summed E-state index contributed by atoms with van der Waals surface area (Å²) in [6, 6.07) is 8.12. The van der Waals surface area contributed by atoms with Gasteiger partial charge in [-0.15, -0.1) is 0 Å². The lowest BCUT2D eigenvalue weighted by Gasteiger charge is -2.05. The van der Waals surface area contributed by atoms with Crippen molar-refractivity contribution in [3.05, 3.63) is 29.8 Å². The van der Waals surface area contributed by atoms with E-state index in [1.807, 2.05) is 12.1 Å². The molecule has 1 rings (SSSR count). The van der Waals surface area contributed by atoms with Crippen LogP contribution in [0.2, 0.25) is 0 Å². The fraction of sp³-hybridized carbons (Fsp3) is 0.562. The molecule has 106 valence electrons. The predicted molar refractivity (Wildman–Crippen MR) is 79.4 cm³/mol. The van der Waals surface area contributed by atoms with Crippen LogP contribution in [-0.2, 0) is 16.0 Å². The van der Waals surface area contributed by atoms with Crippen LogP contribution in [0, 0.1) is 0 Å². The predicted octanol–water partition coefficient (Wildman–Crippen LogP) is 3.78. The second-order valence-corrected chi connectivity index (χ2v) is 4.89. The number of hydrogen-bond acceptors (Lipinski definition) is 2. The van der Waals surface area contributed by atoms with Gasteiger partial charge in [-0.25, -0.2) is 0 Å². The standard InChI is InChI=1S/C16H25NO2/c1-14(18)17-16-11-9-15(10-12-16)8-6-4-3-5-7-13-19-2/h9-12H,3-8,13H2,1-2H3,(H,17,18). The molecule has 0 saturated heterocycles. The molecule has 0 unspecified atom stereocenters. The smallest absolute Gasteiger partial charge is 0.221 e. The van der Waals surface area contributed by atoms with E-state index < -0.39 is 0 Å². The van der Waals surface area contributed by atoms with Crippen molar-refractivity contribution in [2.24, 2.45) is 0 Å². The zero-order chi connectivity index (χ0) is 13.9. The highest BCUT2D eigenvalue weighted by Gasteiger charge is 1.97. The van der Waals surface area contributed by atoms with E-state index in [4.69, 9.17) is 4.74 Å². The molecule has 0 aromatic heterocycles. The fourth-order valence-electron chi connectivity index (χ4n) is 2.06. The minimum Gasteiger partial charge on any atom is -0.385 e. The van der Waals surface area contributed by atoms with Crippen molar-refractivity contribution in [2.75, 3.05) is 19.0 Å². The summed E-state index contributed by atoms with van der Waals surface area (Å²) < 4.78 is 5.03. The van der Waals surface area contributed by atoms with Crippen molar-refractivity contribution in [1.82, 2.24) is 0 Å². The normalized spacial score (nSPS) is 10.4. The van der Waals surface area contributed by atoms with Crippen molar-refractivity contribution in [3.63, 3.8) is 0 Å². The number of methoxy groups -OCH3 is 1. The molecule has 0 aliphatic carbocycles. The molecule has 0 fully saturated rings. The van der Waals surface area contributed by atoms with Crippen LogP contribution >= 0.6 is 0 Å². The van der Waals surface area contributed by atoms with Crippen molar-refractivity contribution >= 4 is 11.6 Å². The Morgan fingerprint density at radius 1 is 1.05 bits per heavy atom. The van der Waals surface area contributed by atoms with Gasteiger partial charge in [0.1, 0.15) is 0 Å². The van der Waals surface area contributed by atoms with Gasteiger partial charge in [0, 0.05) is 26.3 Å². The van der Waals surface area contributed by atoms with E-state index in [9.17, 15) is 4.79 Å². The minimum absolute atomic E-state index is 0.0243. The monoisotopic (exact) mass is 263 g/mol. The number of anilines is 1. The van der Waals surface area contributed by atoms with Crippen molar-refractivity contribution in [3.8, 4) is 0 Å². The van der Waals surface area contributed by atoms with E-state index in [-0.39, 0.29) is 5.91 Å². The first-order valence-electron chi connectivity index (χ1n) is 7.08. The molecule has 0 radical (unpaired) electrons. The molecule has 3 heteroatoms. The van der Waals surface area contributed by atoms with Gasteiger partial charge < -0.3 is 10.1 Å². The highest BCUT2D eigenvalue weighted by molar-refractivity contribution is 5.88. The maximum Gasteiger partial charge on any atom is 0.221 e. The van der Waals surface area contributed by atoms with Crippen molar-refractivity contribution < 1.29 is 9.53 Å². The highest BCUT2D eigenvalue weighted by atomic mass is 16.5. The molecule has 0 heterocycles. The van der Waals surface area contributed by atoms with Gasteiger partial charge in [0.15, 0.2) is 0 Å². The zero-order valence-corrected chi connectivity index (χ0v) is 12.1. The summed E-state index contributed by atoms with van der Waals surface area (Å²) in [6.07, 6.45) is 7.33. The Morgan fingerprint density at radius 3 is 2.32 bits per heavy atom. The quantitative estimate of drug-likeness (QED) is 0.688. The Kier molecular flexibility index (Phi) is 7.91. The topological polar surface area (TPSA) is 38.3 Å². The number of nitrogens with one attached hydrogen (secondary N) is 1. The number of unbranched alkanes of at least 4 members (excludes halogenated alkanes) is 4. The van der Waals surface area contributed by atoms with Crippen LogP contribution in [0.5, 0.6) is 0 Å². The molecule has 0 aliphatic rings. The van der Waals surface area contributed by atoms with Gasteiger partial charge >= 0.3 is 0 Å². The Bertz CT molecular complexity index is 360. The van der Waals surface area contributed by atoms with E-state index in [0.717, 1.165) is 18.7 Å². The van der Waals surface area contributed by atoms with E-state index in [1.54, 1.807) is 7.11 Å². The second kappa shape index (κ2) is 9.56. The molecule has 1 amide bonds. The number of amides is 1. The molecule has 1 aromatic carbocycles. The Morgan fingerprint density at radius 2 is 1.68 bits per heavy atom. The number of carbonyl (C=O) groups excluding carboxylic acids is 1. The molecule has 0 spiro atoms. The van der Waals surface area contributed by atoms with Gasteiger partial charge in [-0.05, 0) is 37.0 Å². The number of carbonyl (C=O) groups is 1. The molecule has 0 aliphatic heterocycles. The lowest BCUT2D eigenvalue weighted by Crippen LogP contribution is -2.05. The van der Waals surface area contributed by atoms with Crippen LogP contribution in [0.15, 0.2) is 24.3 Å². The molecule has 19 heavy (non-hydrogen) atoms. The first-order chi connectivity index (χ1) is 9.22. The van der Waals surface area contributed by atoms with Crippen molar-refractivity contribution in [1.29, 1.82) is 0 Å². The summed E-state index contributed by atoms with van der Waals surface area (Å²) in [5.74, 6) is -0.0243. The first kappa shape index (κ1) is 15.7. The minimum atomic E-state index is -0.0243. The molecule has 3 nitrogen and oxygen atoms in total.